The Hall–Kier alpha value is -2.46. The topological polar surface area (TPSA) is 121 Å². The van der Waals surface area contributed by atoms with Gasteiger partial charge in [-0.1, -0.05) is 41.5 Å². The van der Waals surface area contributed by atoms with Crippen molar-refractivity contribution in [2.45, 2.75) is 57.5 Å². The van der Waals surface area contributed by atoms with E-state index in [1.807, 2.05) is 30.3 Å². The van der Waals surface area contributed by atoms with Gasteiger partial charge in [-0.25, -0.2) is 4.79 Å². The minimum absolute atomic E-state index is 0.0858. The molecule has 0 aromatic heterocycles. The van der Waals surface area contributed by atoms with Crippen molar-refractivity contribution in [3.05, 3.63) is 58.5 Å². The lowest BCUT2D eigenvalue weighted by molar-refractivity contribution is -0.191. The van der Waals surface area contributed by atoms with E-state index in [2.05, 4.69) is 10.0 Å². The van der Waals surface area contributed by atoms with Gasteiger partial charge in [0.1, 0.15) is 25.1 Å². The number of methoxy groups -OCH3 is 1. The van der Waals surface area contributed by atoms with Crippen molar-refractivity contribution >= 4 is 5.97 Å². The average molecular weight is 450 g/mol. The average Bonchev–Trinajstić information content (AvgIpc) is 3.14. The second-order valence-corrected chi connectivity index (χ2v) is 7.47. The molecule has 0 spiro atoms. The molecule has 0 unspecified atom stereocenters. The predicted molar refractivity (Wildman–Crippen MR) is 115 cm³/mol. The molecule has 1 aromatic rings. The molecular weight excluding hydrogens is 418 g/mol. The number of esters is 1. The number of azide groups is 1. The van der Waals surface area contributed by atoms with Crippen LogP contribution in [0.15, 0.2) is 47.6 Å². The van der Waals surface area contributed by atoms with Crippen LogP contribution in [0.5, 0.6) is 0 Å². The maximum Gasteiger partial charge on any atom is 0.330 e. The molecule has 1 heterocycles. The molecule has 1 fully saturated rings. The molecular formula is C22H31N3O7. The maximum absolute atomic E-state index is 11.8. The fraction of sp³-hybridized carbons (Fsp3) is 0.591. The van der Waals surface area contributed by atoms with E-state index in [1.54, 1.807) is 20.8 Å². The van der Waals surface area contributed by atoms with Crippen LogP contribution >= 0.6 is 0 Å². The molecule has 0 aliphatic carbocycles. The zero-order valence-corrected chi connectivity index (χ0v) is 18.9. The van der Waals surface area contributed by atoms with E-state index >= 15 is 0 Å². The van der Waals surface area contributed by atoms with Crippen molar-refractivity contribution in [3.63, 3.8) is 0 Å². The molecule has 10 heteroatoms. The van der Waals surface area contributed by atoms with Gasteiger partial charge in [0.05, 0.1) is 25.9 Å². The maximum atomic E-state index is 11.8. The van der Waals surface area contributed by atoms with Crippen LogP contribution in [0, 0.1) is 0 Å². The Labute approximate surface area is 188 Å². The smallest absolute Gasteiger partial charge is 0.330 e. The van der Waals surface area contributed by atoms with Gasteiger partial charge in [-0.05, 0) is 31.9 Å². The summed E-state index contributed by atoms with van der Waals surface area (Å²) in [6, 6.07) is 8.71. The van der Waals surface area contributed by atoms with Crippen LogP contribution in [0.1, 0.15) is 26.3 Å². The minimum Gasteiger partial charge on any atom is -0.463 e. The minimum atomic E-state index is -0.896. The van der Waals surface area contributed by atoms with Crippen LogP contribution in [0.4, 0.5) is 0 Å². The van der Waals surface area contributed by atoms with Gasteiger partial charge in [0.15, 0.2) is 5.79 Å². The summed E-state index contributed by atoms with van der Waals surface area (Å²) < 4.78 is 33.9. The fourth-order valence-electron chi connectivity index (χ4n) is 3.23. The van der Waals surface area contributed by atoms with Crippen LogP contribution in [0.25, 0.3) is 10.4 Å². The number of nitrogens with zero attached hydrogens (tertiary/aromatic N) is 3. The Morgan fingerprint density at radius 1 is 1.34 bits per heavy atom. The van der Waals surface area contributed by atoms with Crippen molar-refractivity contribution in [1.82, 2.24) is 0 Å². The molecule has 2 rings (SSSR count). The van der Waals surface area contributed by atoms with E-state index in [9.17, 15) is 4.79 Å². The molecule has 1 aliphatic rings. The Bertz CT molecular complexity index is 781. The third-order valence-electron chi connectivity index (χ3n) is 4.62. The number of rotatable bonds is 13. The summed E-state index contributed by atoms with van der Waals surface area (Å²) in [7, 11) is 1.48. The van der Waals surface area contributed by atoms with Gasteiger partial charge < -0.3 is 28.4 Å². The number of carbonyl (C=O) groups excluding carboxylic acids is 1. The first-order chi connectivity index (χ1) is 15.4. The Morgan fingerprint density at radius 2 is 2.09 bits per heavy atom. The van der Waals surface area contributed by atoms with E-state index in [0.717, 1.165) is 5.56 Å². The first-order valence-electron chi connectivity index (χ1n) is 10.4. The molecule has 32 heavy (non-hydrogen) atoms. The van der Waals surface area contributed by atoms with Crippen molar-refractivity contribution in [3.8, 4) is 0 Å². The lowest BCUT2D eigenvalue weighted by Gasteiger charge is -2.33. The summed E-state index contributed by atoms with van der Waals surface area (Å²) >= 11 is 0. The molecule has 1 aromatic carbocycles. The summed E-state index contributed by atoms with van der Waals surface area (Å²) in [5, 5.41) is 3.82. The lowest BCUT2D eigenvalue weighted by Crippen LogP contribution is -2.48. The monoisotopic (exact) mass is 449 g/mol. The van der Waals surface area contributed by atoms with Gasteiger partial charge in [0.2, 0.25) is 0 Å². The van der Waals surface area contributed by atoms with E-state index in [-0.39, 0.29) is 26.6 Å². The zero-order chi connectivity index (χ0) is 23.4. The number of hydrogen-bond donors (Lipinski definition) is 0. The summed E-state index contributed by atoms with van der Waals surface area (Å²) in [6.45, 7) is 5.97. The standard InChI is InChI=1S/C22H31N3O7/c1-5-28-19(26)12-11-17(24-25-23)20(30-15-27-4)21(18-14-31-22(2,3)32-18)29-13-16-9-7-6-8-10-16/h6-12,17-18,20-21H,5,13-15H2,1-4H3/b12-11+/t17-,18+,20+,21-/m1/s1. The van der Waals surface area contributed by atoms with Crippen LogP contribution in [-0.4, -0.2) is 63.2 Å². The third-order valence-corrected chi connectivity index (χ3v) is 4.62. The summed E-state index contributed by atoms with van der Waals surface area (Å²) in [5.74, 6) is -1.36. The summed E-state index contributed by atoms with van der Waals surface area (Å²) in [4.78, 5) is 14.7. The molecule has 0 saturated carbocycles. The fourth-order valence-corrected chi connectivity index (χ4v) is 3.23. The number of carbonyl (C=O) groups is 1. The van der Waals surface area contributed by atoms with Crippen molar-refractivity contribution in [2.24, 2.45) is 5.11 Å². The van der Waals surface area contributed by atoms with Crippen molar-refractivity contribution in [2.75, 3.05) is 27.1 Å². The van der Waals surface area contributed by atoms with Gasteiger partial charge in [-0.15, -0.1) is 0 Å². The molecule has 0 bridgehead atoms. The van der Waals surface area contributed by atoms with E-state index in [0.29, 0.717) is 0 Å². The first kappa shape index (κ1) is 25.8. The van der Waals surface area contributed by atoms with Gasteiger partial charge in [-0.2, -0.15) is 0 Å². The van der Waals surface area contributed by atoms with E-state index in [4.69, 9.17) is 34.0 Å². The molecule has 0 amide bonds. The van der Waals surface area contributed by atoms with Crippen molar-refractivity contribution < 1.29 is 33.2 Å². The van der Waals surface area contributed by atoms with E-state index in [1.165, 1.54) is 19.3 Å². The largest absolute Gasteiger partial charge is 0.463 e. The van der Waals surface area contributed by atoms with Gasteiger partial charge in [0, 0.05) is 18.1 Å². The number of ether oxygens (including phenoxy) is 6. The predicted octanol–water partition coefficient (Wildman–Crippen LogP) is 3.51. The van der Waals surface area contributed by atoms with Gasteiger partial charge in [-0.3, -0.25) is 0 Å². The van der Waals surface area contributed by atoms with Crippen molar-refractivity contribution in [1.29, 1.82) is 0 Å². The Balaban J connectivity index is 2.33. The SMILES string of the molecule is CCOC(=O)/C=C/[C@@H](N=[N+]=[N-])[C@H](OCOC)[C@H](OCc1ccccc1)[C@@H]1COC(C)(C)O1. The quantitative estimate of drug-likeness (QED) is 0.113. The molecule has 10 nitrogen and oxygen atoms in total. The zero-order valence-electron chi connectivity index (χ0n) is 18.9. The second-order valence-electron chi connectivity index (χ2n) is 7.47. The highest BCUT2D eigenvalue weighted by Gasteiger charge is 2.43. The third kappa shape index (κ3) is 8.23. The van der Waals surface area contributed by atoms with Crippen LogP contribution in [0.3, 0.4) is 0 Å². The first-order valence-corrected chi connectivity index (χ1v) is 10.4. The van der Waals surface area contributed by atoms with Crippen LogP contribution in [0.2, 0.25) is 0 Å². The highest BCUT2D eigenvalue weighted by atomic mass is 16.8. The number of benzene rings is 1. The number of hydrogen-bond acceptors (Lipinski definition) is 8. The Morgan fingerprint density at radius 3 is 2.69 bits per heavy atom. The molecule has 1 aliphatic heterocycles. The Kier molecular flexibility index (Phi) is 10.6. The molecule has 0 N–H and O–H groups in total. The highest BCUT2D eigenvalue weighted by Crippen LogP contribution is 2.30. The van der Waals surface area contributed by atoms with Gasteiger partial charge >= 0.3 is 5.97 Å². The molecule has 1 saturated heterocycles. The second kappa shape index (κ2) is 13.2. The molecule has 0 radical (unpaired) electrons. The summed E-state index contributed by atoms with van der Waals surface area (Å²) in [6.07, 6.45) is 0.592. The van der Waals surface area contributed by atoms with E-state index < -0.39 is 36.1 Å². The molecule has 4 atom stereocenters. The molecule has 176 valence electrons. The normalized spacial score (nSPS) is 20.4. The van der Waals surface area contributed by atoms with Crippen LogP contribution < -0.4 is 0 Å². The highest BCUT2D eigenvalue weighted by molar-refractivity contribution is 5.82. The van der Waals surface area contributed by atoms with Crippen LogP contribution in [-0.2, 0) is 39.8 Å². The lowest BCUT2D eigenvalue weighted by atomic mass is 10.0. The van der Waals surface area contributed by atoms with Gasteiger partial charge in [0.25, 0.3) is 0 Å². The summed E-state index contributed by atoms with van der Waals surface area (Å²) in [5.41, 5.74) is 10.1.